The van der Waals surface area contributed by atoms with E-state index in [1.807, 2.05) is 0 Å². The van der Waals surface area contributed by atoms with Crippen molar-refractivity contribution >= 4 is 0 Å². The minimum absolute atomic E-state index is 0.445. The summed E-state index contributed by atoms with van der Waals surface area (Å²) in [5.41, 5.74) is 5.94. The molecule has 3 N–H and O–H groups in total. The molecular formula is C11H24N2. The summed E-state index contributed by atoms with van der Waals surface area (Å²) in [7, 11) is 0. The van der Waals surface area contributed by atoms with E-state index in [-0.39, 0.29) is 0 Å². The number of nitrogens with one attached hydrogen (secondary N) is 1. The Morgan fingerprint density at radius 3 is 2.54 bits per heavy atom. The fraction of sp³-hybridized carbons (Fsp3) is 1.00. The van der Waals surface area contributed by atoms with Crippen LogP contribution in [0, 0.1) is 0 Å². The molecule has 0 saturated heterocycles. The molecule has 0 aliphatic heterocycles. The highest BCUT2D eigenvalue weighted by Crippen LogP contribution is 2.18. The van der Waals surface area contributed by atoms with Crippen LogP contribution in [0.3, 0.4) is 0 Å². The first-order valence-electron chi connectivity index (χ1n) is 5.77. The van der Waals surface area contributed by atoms with Crippen LogP contribution in [-0.4, -0.2) is 18.1 Å². The molecule has 2 unspecified atom stereocenters. The van der Waals surface area contributed by atoms with Crippen LogP contribution in [0.1, 0.15) is 52.4 Å². The molecule has 13 heavy (non-hydrogen) atoms. The van der Waals surface area contributed by atoms with Crippen LogP contribution in [0.2, 0.25) is 0 Å². The van der Waals surface area contributed by atoms with Crippen LogP contribution in [0.5, 0.6) is 0 Å². The summed E-state index contributed by atoms with van der Waals surface area (Å²) >= 11 is 0. The van der Waals surface area contributed by atoms with Crippen molar-refractivity contribution in [3.8, 4) is 0 Å². The molecule has 0 heterocycles. The van der Waals surface area contributed by atoms with Crippen molar-refractivity contribution in [3.05, 3.63) is 0 Å². The molecule has 0 bridgehead atoms. The highest BCUT2D eigenvalue weighted by molar-refractivity contribution is 4.81. The summed E-state index contributed by atoms with van der Waals surface area (Å²) in [4.78, 5) is 0. The molecule has 2 heteroatoms. The van der Waals surface area contributed by atoms with Gasteiger partial charge >= 0.3 is 0 Å². The second-order valence-electron chi connectivity index (χ2n) is 4.30. The van der Waals surface area contributed by atoms with Gasteiger partial charge in [0.2, 0.25) is 0 Å². The minimum Gasteiger partial charge on any atom is -0.328 e. The van der Waals surface area contributed by atoms with E-state index < -0.39 is 0 Å². The van der Waals surface area contributed by atoms with Gasteiger partial charge in [-0.2, -0.15) is 0 Å². The third kappa shape index (κ3) is 3.65. The molecule has 0 aromatic heterocycles. The molecule has 1 aliphatic carbocycles. The standard InChI is InChI=1S/C11H24N2/c1-3-10(4-2)13-11-7-5-6-9(12)8-11/h9-11,13H,3-8,12H2,1-2H3. The van der Waals surface area contributed by atoms with Crippen molar-refractivity contribution in [3.63, 3.8) is 0 Å². The van der Waals surface area contributed by atoms with E-state index in [1.54, 1.807) is 0 Å². The van der Waals surface area contributed by atoms with Gasteiger partial charge in [0.25, 0.3) is 0 Å². The molecule has 0 spiro atoms. The fourth-order valence-corrected chi connectivity index (χ4v) is 2.24. The Labute approximate surface area is 82.3 Å². The lowest BCUT2D eigenvalue weighted by Gasteiger charge is -2.30. The number of rotatable bonds is 4. The average molecular weight is 184 g/mol. The Morgan fingerprint density at radius 1 is 1.31 bits per heavy atom. The molecule has 2 atom stereocenters. The molecule has 1 fully saturated rings. The summed E-state index contributed by atoms with van der Waals surface area (Å²) in [5.74, 6) is 0. The van der Waals surface area contributed by atoms with E-state index in [9.17, 15) is 0 Å². The zero-order chi connectivity index (χ0) is 9.68. The van der Waals surface area contributed by atoms with Gasteiger partial charge in [-0.1, -0.05) is 20.3 Å². The van der Waals surface area contributed by atoms with Gasteiger partial charge in [0.05, 0.1) is 0 Å². The maximum absolute atomic E-state index is 5.94. The number of nitrogens with two attached hydrogens (primary N) is 1. The van der Waals surface area contributed by atoms with Gasteiger partial charge in [-0.15, -0.1) is 0 Å². The first kappa shape index (κ1) is 11.0. The largest absolute Gasteiger partial charge is 0.328 e. The van der Waals surface area contributed by atoms with Gasteiger partial charge < -0.3 is 11.1 Å². The van der Waals surface area contributed by atoms with Crippen LogP contribution in [0.4, 0.5) is 0 Å². The minimum atomic E-state index is 0.445. The molecule has 1 rings (SSSR count). The first-order valence-corrected chi connectivity index (χ1v) is 5.77. The highest BCUT2D eigenvalue weighted by atomic mass is 15.0. The Hall–Kier alpha value is -0.0800. The Morgan fingerprint density at radius 2 is 2.00 bits per heavy atom. The molecule has 1 aliphatic rings. The topological polar surface area (TPSA) is 38.0 Å². The molecular weight excluding hydrogens is 160 g/mol. The van der Waals surface area contributed by atoms with Gasteiger partial charge in [0.1, 0.15) is 0 Å². The lowest BCUT2D eigenvalue weighted by Crippen LogP contribution is -2.43. The van der Waals surface area contributed by atoms with Crippen LogP contribution < -0.4 is 11.1 Å². The summed E-state index contributed by atoms with van der Waals surface area (Å²) in [6, 6.07) is 1.84. The summed E-state index contributed by atoms with van der Waals surface area (Å²) < 4.78 is 0. The zero-order valence-electron chi connectivity index (χ0n) is 9.05. The lowest BCUT2D eigenvalue weighted by molar-refractivity contribution is 0.304. The van der Waals surface area contributed by atoms with Crippen molar-refractivity contribution < 1.29 is 0 Å². The molecule has 0 radical (unpaired) electrons. The highest BCUT2D eigenvalue weighted by Gasteiger charge is 2.20. The van der Waals surface area contributed by atoms with Gasteiger partial charge in [-0.05, 0) is 32.1 Å². The quantitative estimate of drug-likeness (QED) is 0.701. The van der Waals surface area contributed by atoms with Crippen LogP contribution in [0.25, 0.3) is 0 Å². The summed E-state index contributed by atoms with van der Waals surface area (Å²) in [6.45, 7) is 4.51. The van der Waals surface area contributed by atoms with E-state index >= 15 is 0 Å². The van der Waals surface area contributed by atoms with Gasteiger partial charge in [-0.25, -0.2) is 0 Å². The van der Waals surface area contributed by atoms with E-state index in [0.717, 1.165) is 0 Å². The van der Waals surface area contributed by atoms with E-state index in [0.29, 0.717) is 18.1 Å². The molecule has 1 saturated carbocycles. The average Bonchev–Trinajstić information content (AvgIpc) is 2.14. The first-order chi connectivity index (χ1) is 6.26. The molecule has 78 valence electrons. The number of hydrogen-bond donors (Lipinski definition) is 2. The predicted octanol–water partition coefficient (Wildman–Crippen LogP) is 2.03. The Balaban J connectivity index is 2.26. The van der Waals surface area contributed by atoms with Gasteiger partial charge in [0, 0.05) is 18.1 Å². The van der Waals surface area contributed by atoms with Gasteiger partial charge in [-0.3, -0.25) is 0 Å². The summed E-state index contributed by atoms with van der Waals surface area (Å²) in [6.07, 6.45) is 7.51. The maximum atomic E-state index is 5.94. The normalized spacial score (nSPS) is 29.5. The van der Waals surface area contributed by atoms with Crippen molar-refractivity contribution in [1.82, 2.24) is 5.32 Å². The van der Waals surface area contributed by atoms with E-state index in [2.05, 4.69) is 19.2 Å². The van der Waals surface area contributed by atoms with Crippen molar-refractivity contribution in [2.75, 3.05) is 0 Å². The van der Waals surface area contributed by atoms with Crippen LogP contribution >= 0.6 is 0 Å². The Bertz CT molecular complexity index is 132. The maximum Gasteiger partial charge on any atom is 0.00843 e. The van der Waals surface area contributed by atoms with Crippen molar-refractivity contribution in [1.29, 1.82) is 0 Å². The second kappa shape index (κ2) is 5.61. The fourth-order valence-electron chi connectivity index (χ4n) is 2.24. The third-order valence-electron chi connectivity index (χ3n) is 3.17. The van der Waals surface area contributed by atoms with E-state index in [1.165, 1.54) is 38.5 Å². The van der Waals surface area contributed by atoms with Crippen LogP contribution in [0.15, 0.2) is 0 Å². The molecule has 0 aromatic rings. The molecule has 0 aromatic carbocycles. The van der Waals surface area contributed by atoms with Crippen molar-refractivity contribution in [2.24, 2.45) is 5.73 Å². The predicted molar refractivity (Wildman–Crippen MR) is 57.7 cm³/mol. The third-order valence-corrected chi connectivity index (χ3v) is 3.17. The van der Waals surface area contributed by atoms with Crippen molar-refractivity contribution in [2.45, 2.75) is 70.5 Å². The molecule has 2 nitrogen and oxygen atoms in total. The SMILES string of the molecule is CCC(CC)NC1CCCC(N)C1. The van der Waals surface area contributed by atoms with Gasteiger partial charge in [0.15, 0.2) is 0 Å². The lowest BCUT2D eigenvalue weighted by atomic mass is 9.91. The smallest absolute Gasteiger partial charge is 0.00843 e. The Kier molecular flexibility index (Phi) is 4.74. The van der Waals surface area contributed by atoms with Crippen LogP contribution in [-0.2, 0) is 0 Å². The van der Waals surface area contributed by atoms with E-state index in [4.69, 9.17) is 5.73 Å². The number of hydrogen-bond acceptors (Lipinski definition) is 2. The monoisotopic (exact) mass is 184 g/mol. The second-order valence-corrected chi connectivity index (χ2v) is 4.30. The molecule has 0 amide bonds. The summed E-state index contributed by atoms with van der Waals surface area (Å²) in [5, 5.41) is 3.71. The zero-order valence-corrected chi connectivity index (χ0v) is 9.05.